The summed E-state index contributed by atoms with van der Waals surface area (Å²) in [6, 6.07) is 6.89. The molecule has 0 aliphatic rings. The summed E-state index contributed by atoms with van der Waals surface area (Å²) < 4.78 is 1.42. The van der Waals surface area contributed by atoms with Crippen molar-refractivity contribution in [3.8, 4) is 0 Å². The summed E-state index contributed by atoms with van der Waals surface area (Å²) in [7, 11) is 0. The zero-order valence-corrected chi connectivity index (χ0v) is 11.7. The van der Waals surface area contributed by atoms with Crippen molar-refractivity contribution >= 4 is 26.7 Å². The lowest BCUT2D eigenvalue weighted by Crippen LogP contribution is -2.32. The molecule has 18 heavy (non-hydrogen) atoms. The maximum Gasteiger partial charge on any atom is 0.273 e. The first-order valence-electron chi connectivity index (χ1n) is 5.95. The Kier molecular flexibility index (Phi) is 4.01. The van der Waals surface area contributed by atoms with Crippen molar-refractivity contribution in [1.82, 2.24) is 9.78 Å². The SMILES string of the molecule is CCC(CBr)Cn1[nH]c(=O)c2ccccc2c1=O. The predicted octanol–water partition coefficient (Wildman–Crippen LogP) is 2.11. The maximum absolute atomic E-state index is 12.2. The van der Waals surface area contributed by atoms with Crippen LogP contribution in [0.25, 0.3) is 10.8 Å². The topological polar surface area (TPSA) is 54.9 Å². The molecule has 0 amide bonds. The first-order chi connectivity index (χ1) is 8.67. The van der Waals surface area contributed by atoms with E-state index < -0.39 is 0 Å². The van der Waals surface area contributed by atoms with Gasteiger partial charge >= 0.3 is 0 Å². The third-order valence-corrected chi connectivity index (χ3v) is 4.04. The Balaban J connectivity index is 2.57. The van der Waals surface area contributed by atoms with Crippen LogP contribution in [0.5, 0.6) is 0 Å². The van der Waals surface area contributed by atoms with Crippen molar-refractivity contribution in [2.75, 3.05) is 5.33 Å². The van der Waals surface area contributed by atoms with Gasteiger partial charge in [-0.05, 0) is 18.1 Å². The summed E-state index contributed by atoms with van der Waals surface area (Å²) in [4.78, 5) is 24.1. The fraction of sp³-hybridized carbons (Fsp3) is 0.385. The number of hydrogen-bond donors (Lipinski definition) is 1. The molecule has 0 aliphatic heterocycles. The molecule has 0 bridgehead atoms. The number of hydrogen-bond acceptors (Lipinski definition) is 2. The monoisotopic (exact) mass is 310 g/mol. The lowest BCUT2D eigenvalue weighted by atomic mass is 10.1. The molecular formula is C13H15BrN2O2. The highest BCUT2D eigenvalue weighted by molar-refractivity contribution is 9.09. The number of aromatic amines is 1. The van der Waals surface area contributed by atoms with Gasteiger partial charge in [0.05, 0.1) is 10.8 Å². The lowest BCUT2D eigenvalue weighted by molar-refractivity contribution is 0.432. The van der Waals surface area contributed by atoms with E-state index in [-0.39, 0.29) is 11.1 Å². The molecular weight excluding hydrogens is 296 g/mol. The van der Waals surface area contributed by atoms with Crippen LogP contribution >= 0.6 is 15.9 Å². The zero-order chi connectivity index (χ0) is 13.1. The van der Waals surface area contributed by atoms with Crippen LogP contribution in [0.2, 0.25) is 0 Å². The second-order valence-corrected chi connectivity index (χ2v) is 4.98. The van der Waals surface area contributed by atoms with E-state index in [0.717, 1.165) is 11.8 Å². The first-order valence-corrected chi connectivity index (χ1v) is 7.07. The van der Waals surface area contributed by atoms with Crippen molar-refractivity contribution in [1.29, 1.82) is 0 Å². The summed E-state index contributed by atoms with van der Waals surface area (Å²) >= 11 is 3.42. The molecule has 0 fully saturated rings. The van der Waals surface area contributed by atoms with Gasteiger partial charge < -0.3 is 0 Å². The molecule has 5 heteroatoms. The number of fused-ring (bicyclic) bond motifs is 1. The number of alkyl halides is 1. The van der Waals surface area contributed by atoms with E-state index in [4.69, 9.17) is 0 Å². The fourth-order valence-corrected chi connectivity index (χ4v) is 2.58. The van der Waals surface area contributed by atoms with Gasteiger partial charge in [0.1, 0.15) is 0 Å². The molecule has 1 atom stereocenters. The van der Waals surface area contributed by atoms with E-state index in [2.05, 4.69) is 28.0 Å². The minimum Gasteiger partial charge on any atom is -0.267 e. The average molecular weight is 311 g/mol. The summed E-state index contributed by atoms with van der Waals surface area (Å²) in [5, 5.41) is 4.38. The highest BCUT2D eigenvalue weighted by atomic mass is 79.9. The van der Waals surface area contributed by atoms with Crippen molar-refractivity contribution in [2.24, 2.45) is 5.92 Å². The average Bonchev–Trinajstić information content (AvgIpc) is 2.41. The molecule has 1 heterocycles. The van der Waals surface area contributed by atoms with Crippen molar-refractivity contribution in [3.63, 3.8) is 0 Å². The third-order valence-electron chi connectivity index (χ3n) is 3.12. The van der Waals surface area contributed by atoms with Crippen LogP contribution in [0, 0.1) is 5.92 Å². The number of rotatable bonds is 4. The van der Waals surface area contributed by atoms with Gasteiger partial charge in [0.25, 0.3) is 11.1 Å². The number of halogens is 1. The summed E-state index contributed by atoms with van der Waals surface area (Å²) in [5.41, 5.74) is -0.348. The Labute approximate surface area is 113 Å². The van der Waals surface area contributed by atoms with Gasteiger partial charge in [-0.25, -0.2) is 4.68 Å². The van der Waals surface area contributed by atoms with E-state index in [1.54, 1.807) is 24.3 Å². The summed E-state index contributed by atoms with van der Waals surface area (Å²) in [5.74, 6) is 0.333. The maximum atomic E-state index is 12.2. The van der Waals surface area contributed by atoms with Crippen LogP contribution in [0.15, 0.2) is 33.9 Å². The standard InChI is InChI=1S/C13H15BrN2O2/c1-2-9(7-14)8-16-13(18)11-6-4-3-5-10(11)12(17)15-16/h3-6,9H,2,7-8H2,1H3,(H,15,17). The van der Waals surface area contributed by atoms with Gasteiger partial charge in [-0.1, -0.05) is 41.4 Å². The number of benzene rings is 1. The third kappa shape index (κ3) is 2.41. The van der Waals surface area contributed by atoms with Gasteiger partial charge in [0.15, 0.2) is 0 Å². The van der Waals surface area contributed by atoms with Gasteiger partial charge in [0.2, 0.25) is 0 Å². The number of aromatic nitrogens is 2. The molecule has 1 aromatic heterocycles. The Morgan fingerprint density at radius 2 is 1.94 bits per heavy atom. The Morgan fingerprint density at radius 3 is 2.56 bits per heavy atom. The molecule has 2 aromatic rings. The van der Waals surface area contributed by atoms with Crippen LogP contribution in [-0.4, -0.2) is 15.1 Å². The highest BCUT2D eigenvalue weighted by Gasteiger charge is 2.10. The molecule has 2 rings (SSSR count). The van der Waals surface area contributed by atoms with E-state index in [0.29, 0.717) is 23.2 Å². The van der Waals surface area contributed by atoms with Crippen LogP contribution in [-0.2, 0) is 6.54 Å². The second-order valence-electron chi connectivity index (χ2n) is 4.33. The Hall–Kier alpha value is -1.36. The van der Waals surface area contributed by atoms with Gasteiger partial charge in [-0.2, -0.15) is 0 Å². The predicted molar refractivity (Wildman–Crippen MR) is 76.4 cm³/mol. The number of H-pyrrole nitrogens is 1. The molecule has 0 aliphatic carbocycles. The Morgan fingerprint density at radius 1 is 1.28 bits per heavy atom. The fourth-order valence-electron chi connectivity index (χ4n) is 1.92. The zero-order valence-electron chi connectivity index (χ0n) is 10.1. The molecule has 1 aromatic carbocycles. The molecule has 1 unspecified atom stereocenters. The summed E-state index contributed by atoms with van der Waals surface area (Å²) in [6.07, 6.45) is 0.951. The first kappa shape index (κ1) is 13.1. The van der Waals surface area contributed by atoms with Crippen LogP contribution < -0.4 is 11.1 Å². The number of nitrogens with one attached hydrogen (secondary N) is 1. The molecule has 0 spiro atoms. The molecule has 0 radical (unpaired) electrons. The molecule has 1 N–H and O–H groups in total. The quantitative estimate of drug-likeness (QED) is 0.879. The largest absolute Gasteiger partial charge is 0.273 e. The Bertz CT molecular complexity index is 656. The molecule has 4 nitrogen and oxygen atoms in total. The van der Waals surface area contributed by atoms with Crippen LogP contribution in [0.1, 0.15) is 13.3 Å². The minimum atomic E-state index is -0.213. The van der Waals surface area contributed by atoms with E-state index in [1.807, 2.05) is 0 Å². The molecule has 0 saturated carbocycles. The van der Waals surface area contributed by atoms with E-state index in [1.165, 1.54) is 4.68 Å². The van der Waals surface area contributed by atoms with Gasteiger partial charge in [-0.3, -0.25) is 14.7 Å². The molecule has 0 saturated heterocycles. The molecule has 96 valence electrons. The van der Waals surface area contributed by atoms with Crippen LogP contribution in [0.4, 0.5) is 0 Å². The van der Waals surface area contributed by atoms with Crippen molar-refractivity contribution in [2.45, 2.75) is 19.9 Å². The smallest absolute Gasteiger partial charge is 0.267 e. The van der Waals surface area contributed by atoms with Crippen molar-refractivity contribution < 1.29 is 0 Å². The second kappa shape index (κ2) is 5.52. The van der Waals surface area contributed by atoms with Crippen molar-refractivity contribution in [3.05, 3.63) is 45.0 Å². The van der Waals surface area contributed by atoms with Crippen LogP contribution in [0.3, 0.4) is 0 Å². The van der Waals surface area contributed by atoms with Gasteiger partial charge in [0, 0.05) is 11.9 Å². The highest BCUT2D eigenvalue weighted by Crippen LogP contribution is 2.09. The summed E-state index contributed by atoms with van der Waals surface area (Å²) in [6.45, 7) is 2.59. The number of nitrogens with zero attached hydrogens (tertiary/aromatic N) is 1. The van der Waals surface area contributed by atoms with E-state index >= 15 is 0 Å². The lowest BCUT2D eigenvalue weighted by Gasteiger charge is -2.13. The minimum absolute atomic E-state index is 0.135. The van der Waals surface area contributed by atoms with E-state index in [9.17, 15) is 9.59 Å². The normalized spacial score (nSPS) is 12.8. The van der Waals surface area contributed by atoms with Gasteiger partial charge in [-0.15, -0.1) is 0 Å².